The molecule has 0 bridgehead atoms. The van der Waals surface area contributed by atoms with Crippen LogP contribution in [0.4, 0.5) is 0 Å². The molecule has 2 aliphatic rings. The van der Waals surface area contributed by atoms with Crippen molar-refractivity contribution in [1.29, 1.82) is 0 Å². The van der Waals surface area contributed by atoms with Gasteiger partial charge >= 0.3 is 0 Å². The van der Waals surface area contributed by atoms with Crippen molar-refractivity contribution < 1.29 is 9.53 Å². The van der Waals surface area contributed by atoms with E-state index in [0.29, 0.717) is 0 Å². The minimum atomic E-state index is -0.154. The Morgan fingerprint density at radius 1 is 1.41 bits per heavy atom. The minimum absolute atomic E-state index is 0.0174. The van der Waals surface area contributed by atoms with Gasteiger partial charge in [0.15, 0.2) is 0 Å². The van der Waals surface area contributed by atoms with E-state index in [1.165, 1.54) is 0 Å². The summed E-state index contributed by atoms with van der Waals surface area (Å²) < 4.78 is 5.78. The van der Waals surface area contributed by atoms with Crippen LogP contribution in [-0.2, 0) is 16.0 Å². The number of rotatable bonds is 6. The summed E-state index contributed by atoms with van der Waals surface area (Å²) in [7, 11) is 3.87. The summed E-state index contributed by atoms with van der Waals surface area (Å²) >= 11 is 0. The maximum absolute atomic E-state index is 13.4. The Balaban J connectivity index is 1.73. The fourth-order valence-electron chi connectivity index (χ4n) is 4.72. The average Bonchev–Trinajstić information content (AvgIpc) is 3.24. The Morgan fingerprint density at radius 3 is 2.67 bits per heavy atom. The zero-order valence-corrected chi connectivity index (χ0v) is 17.3. The number of hydrogen-bond donors (Lipinski definition) is 1. The van der Waals surface area contributed by atoms with Gasteiger partial charge in [0.05, 0.1) is 17.2 Å². The van der Waals surface area contributed by atoms with Gasteiger partial charge in [-0.2, -0.15) is 0 Å². The first-order chi connectivity index (χ1) is 12.9. The molecule has 150 valence electrons. The largest absolute Gasteiger partial charge is 0.378 e. The SMILES string of the molecule is C=CCC1(OC)CCN(C(=O)[C@H]2CN(C)C[C@@H]2c2nc(CC)[nH]c2C)CC1. The van der Waals surface area contributed by atoms with Crippen LogP contribution in [-0.4, -0.2) is 71.6 Å². The number of H-pyrrole nitrogens is 1. The van der Waals surface area contributed by atoms with Crippen LogP contribution in [0.2, 0.25) is 0 Å². The third kappa shape index (κ3) is 3.97. The van der Waals surface area contributed by atoms with Gasteiger partial charge in [0.25, 0.3) is 0 Å². The van der Waals surface area contributed by atoms with Crippen molar-refractivity contribution in [3.05, 3.63) is 29.9 Å². The molecule has 0 radical (unpaired) electrons. The molecule has 1 aromatic heterocycles. The molecule has 6 nitrogen and oxygen atoms in total. The van der Waals surface area contributed by atoms with E-state index in [9.17, 15) is 4.79 Å². The Labute approximate surface area is 163 Å². The number of aromatic nitrogens is 2. The van der Waals surface area contributed by atoms with Crippen molar-refractivity contribution in [2.24, 2.45) is 5.92 Å². The van der Waals surface area contributed by atoms with Gasteiger partial charge < -0.3 is 19.5 Å². The van der Waals surface area contributed by atoms with E-state index >= 15 is 0 Å². The number of aromatic amines is 1. The molecule has 3 heterocycles. The Kier molecular flexibility index (Phi) is 6.06. The lowest BCUT2D eigenvalue weighted by atomic mass is 9.86. The second-order valence-corrected chi connectivity index (χ2v) is 8.19. The number of aryl methyl sites for hydroxylation is 2. The Bertz CT molecular complexity index is 676. The van der Waals surface area contributed by atoms with Gasteiger partial charge in [0.2, 0.25) is 5.91 Å². The molecule has 3 rings (SSSR count). The lowest BCUT2D eigenvalue weighted by molar-refractivity contribution is -0.141. The highest BCUT2D eigenvalue weighted by molar-refractivity contribution is 5.80. The molecule has 0 spiro atoms. The number of imidazole rings is 1. The van der Waals surface area contributed by atoms with Crippen LogP contribution in [0.5, 0.6) is 0 Å². The van der Waals surface area contributed by atoms with E-state index in [-0.39, 0.29) is 23.3 Å². The minimum Gasteiger partial charge on any atom is -0.378 e. The molecule has 0 saturated carbocycles. The predicted molar refractivity (Wildman–Crippen MR) is 107 cm³/mol. The van der Waals surface area contributed by atoms with E-state index in [2.05, 4.69) is 37.4 Å². The van der Waals surface area contributed by atoms with Crippen molar-refractivity contribution in [1.82, 2.24) is 19.8 Å². The number of likely N-dealkylation sites (N-methyl/N-ethyl adjacent to an activating group) is 1. The summed E-state index contributed by atoms with van der Waals surface area (Å²) in [6.45, 7) is 11.2. The first-order valence-electron chi connectivity index (χ1n) is 10.1. The number of amides is 1. The molecule has 1 amide bonds. The summed E-state index contributed by atoms with van der Waals surface area (Å²) in [5, 5.41) is 0. The fourth-order valence-corrected chi connectivity index (χ4v) is 4.72. The van der Waals surface area contributed by atoms with E-state index in [1.807, 2.05) is 11.0 Å². The fraction of sp³-hybridized carbons (Fsp3) is 0.714. The van der Waals surface area contributed by atoms with Gasteiger partial charge in [0, 0.05) is 51.3 Å². The standard InChI is InChI=1S/C21H34N4O2/c1-6-8-21(27-5)9-11-25(12-10-21)20(26)17-14-24(4)13-16(17)19-15(3)22-18(7-2)23-19/h6,16-17H,1,7-14H2,2-5H3,(H,22,23)/t16-,17-/m0/s1. The second-order valence-electron chi connectivity index (χ2n) is 8.19. The summed E-state index contributed by atoms with van der Waals surface area (Å²) in [5.74, 6) is 1.43. The van der Waals surface area contributed by atoms with Crippen molar-refractivity contribution in [3.8, 4) is 0 Å². The number of nitrogens with zero attached hydrogens (tertiary/aromatic N) is 3. The zero-order chi connectivity index (χ0) is 19.6. The van der Waals surface area contributed by atoms with Gasteiger partial charge in [-0.05, 0) is 33.2 Å². The Morgan fingerprint density at radius 2 is 2.11 bits per heavy atom. The van der Waals surface area contributed by atoms with E-state index in [0.717, 1.165) is 69.1 Å². The lowest BCUT2D eigenvalue weighted by Crippen LogP contribution is -2.49. The van der Waals surface area contributed by atoms with Gasteiger partial charge in [-0.1, -0.05) is 13.0 Å². The molecule has 2 atom stereocenters. The van der Waals surface area contributed by atoms with Crippen LogP contribution in [0, 0.1) is 12.8 Å². The van der Waals surface area contributed by atoms with Crippen LogP contribution >= 0.6 is 0 Å². The van der Waals surface area contributed by atoms with E-state index in [4.69, 9.17) is 9.72 Å². The molecule has 2 aliphatic heterocycles. The second kappa shape index (κ2) is 8.15. The third-order valence-electron chi connectivity index (χ3n) is 6.41. The highest BCUT2D eigenvalue weighted by atomic mass is 16.5. The summed E-state index contributed by atoms with van der Waals surface area (Å²) in [6.07, 6.45) is 5.39. The molecule has 6 heteroatoms. The number of ether oxygens (including phenoxy) is 1. The number of nitrogens with one attached hydrogen (secondary N) is 1. The number of carbonyl (C=O) groups is 1. The number of likely N-dealkylation sites (tertiary alicyclic amines) is 2. The van der Waals surface area contributed by atoms with Crippen LogP contribution in [0.15, 0.2) is 12.7 Å². The predicted octanol–water partition coefficient (Wildman–Crippen LogP) is 2.51. The van der Waals surface area contributed by atoms with E-state index < -0.39 is 0 Å². The normalized spacial score (nSPS) is 25.7. The third-order valence-corrected chi connectivity index (χ3v) is 6.41. The van der Waals surface area contributed by atoms with Crippen molar-refractivity contribution >= 4 is 5.91 Å². The van der Waals surface area contributed by atoms with Crippen molar-refractivity contribution in [3.63, 3.8) is 0 Å². The average molecular weight is 375 g/mol. The number of carbonyl (C=O) groups excluding carboxylic acids is 1. The molecule has 0 unspecified atom stereocenters. The quantitative estimate of drug-likeness (QED) is 0.777. The van der Waals surface area contributed by atoms with Crippen LogP contribution in [0.1, 0.15) is 49.3 Å². The summed E-state index contributed by atoms with van der Waals surface area (Å²) in [6, 6.07) is 0. The highest BCUT2D eigenvalue weighted by Crippen LogP contribution is 2.36. The van der Waals surface area contributed by atoms with Gasteiger partial charge in [-0.3, -0.25) is 4.79 Å². The maximum Gasteiger partial charge on any atom is 0.227 e. The molecule has 0 aromatic carbocycles. The van der Waals surface area contributed by atoms with Crippen molar-refractivity contribution in [2.45, 2.75) is 51.0 Å². The molecule has 1 N–H and O–H groups in total. The Hall–Kier alpha value is -1.66. The number of piperidine rings is 1. The van der Waals surface area contributed by atoms with Gasteiger partial charge in [0.1, 0.15) is 5.82 Å². The smallest absolute Gasteiger partial charge is 0.227 e. The highest BCUT2D eigenvalue weighted by Gasteiger charge is 2.43. The van der Waals surface area contributed by atoms with Gasteiger partial charge in [-0.25, -0.2) is 4.98 Å². The molecular weight excluding hydrogens is 340 g/mol. The van der Waals surface area contributed by atoms with E-state index in [1.54, 1.807) is 7.11 Å². The molecule has 0 aliphatic carbocycles. The topological polar surface area (TPSA) is 61.5 Å². The summed E-state index contributed by atoms with van der Waals surface area (Å²) in [5.41, 5.74) is 2.02. The maximum atomic E-state index is 13.4. The molecule has 27 heavy (non-hydrogen) atoms. The molecule has 2 saturated heterocycles. The van der Waals surface area contributed by atoms with Crippen molar-refractivity contribution in [2.75, 3.05) is 40.3 Å². The monoisotopic (exact) mass is 374 g/mol. The first-order valence-corrected chi connectivity index (χ1v) is 10.1. The molecule has 2 fully saturated rings. The number of methoxy groups -OCH3 is 1. The lowest BCUT2D eigenvalue weighted by Gasteiger charge is -2.41. The summed E-state index contributed by atoms with van der Waals surface area (Å²) in [4.78, 5) is 25.9. The van der Waals surface area contributed by atoms with Crippen LogP contribution in [0.25, 0.3) is 0 Å². The van der Waals surface area contributed by atoms with Crippen LogP contribution in [0.3, 0.4) is 0 Å². The first kappa shape index (κ1) is 20.1. The molecule has 1 aromatic rings. The number of hydrogen-bond acceptors (Lipinski definition) is 4. The van der Waals surface area contributed by atoms with Crippen LogP contribution < -0.4 is 0 Å². The van der Waals surface area contributed by atoms with Gasteiger partial charge in [-0.15, -0.1) is 6.58 Å². The zero-order valence-electron chi connectivity index (χ0n) is 17.3. The molecular formula is C21H34N4O2.